The first-order valence-electron chi connectivity index (χ1n) is 7.12. The third kappa shape index (κ3) is 4.52. The zero-order valence-electron chi connectivity index (χ0n) is 12.4. The number of ether oxygens (including phenoxy) is 1. The fourth-order valence-electron chi connectivity index (χ4n) is 2.58. The van der Waals surface area contributed by atoms with Gasteiger partial charge < -0.3 is 9.64 Å². The van der Waals surface area contributed by atoms with Crippen molar-refractivity contribution >= 4 is 5.97 Å². The molecular weight excluding hydrogens is 240 g/mol. The van der Waals surface area contributed by atoms with Crippen LogP contribution in [0.3, 0.4) is 0 Å². The summed E-state index contributed by atoms with van der Waals surface area (Å²) in [6, 6.07) is 0. The van der Waals surface area contributed by atoms with E-state index in [1.165, 1.54) is 0 Å². The number of carbonyl (C=O) groups is 1. The van der Waals surface area contributed by atoms with Crippen LogP contribution in [0.5, 0.6) is 0 Å². The molecule has 0 aliphatic carbocycles. The summed E-state index contributed by atoms with van der Waals surface area (Å²) in [4.78, 5) is 14.6. The molecule has 4 heteroatoms. The van der Waals surface area contributed by atoms with Gasteiger partial charge in [0.25, 0.3) is 0 Å². The number of carbonyl (C=O) groups excluding carboxylic acids is 1. The molecule has 4 nitrogen and oxygen atoms in total. The maximum absolute atomic E-state index is 12.2. The lowest BCUT2D eigenvalue weighted by atomic mass is 9.87. The number of terminal acetylenes is 1. The first-order chi connectivity index (χ1) is 9.04. The topological polar surface area (TPSA) is 41.6 Å². The van der Waals surface area contributed by atoms with E-state index < -0.39 is 5.54 Å². The third-order valence-corrected chi connectivity index (χ3v) is 3.53. The number of hydrogen-bond acceptors (Lipinski definition) is 4. The Bertz CT molecular complexity index is 326. The van der Waals surface area contributed by atoms with Crippen LogP contribution in [-0.4, -0.2) is 49.2 Å². The molecule has 0 aromatic heterocycles. The second-order valence-corrected chi connectivity index (χ2v) is 5.55. The van der Waals surface area contributed by atoms with Crippen molar-refractivity contribution in [3.63, 3.8) is 0 Å². The molecule has 1 heterocycles. The van der Waals surface area contributed by atoms with E-state index in [1.807, 2.05) is 6.92 Å². The van der Waals surface area contributed by atoms with Gasteiger partial charge in [0.2, 0.25) is 0 Å². The number of likely N-dealkylation sites (tertiary alicyclic amines) is 1. The highest BCUT2D eigenvalue weighted by Gasteiger charge is 2.42. The van der Waals surface area contributed by atoms with Crippen molar-refractivity contribution in [2.24, 2.45) is 5.92 Å². The number of piperidine rings is 1. The van der Waals surface area contributed by atoms with Gasteiger partial charge in [0, 0.05) is 19.6 Å². The zero-order chi connectivity index (χ0) is 14.3. The van der Waals surface area contributed by atoms with E-state index in [2.05, 4.69) is 30.0 Å². The van der Waals surface area contributed by atoms with Crippen molar-refractivity contribution in [3.8, 4) is 12.3 Å². The Hall–Kier alpha value is -1.05. The summed E-state index contributed by atoms with van der Waals surface area (Å²) in [6.45, 7) is 9.97. The van der Waals surface area contributed by atoms with Crippen LogP contribution in [0, 0.1) is 18.3 Å². The maximum atomic E-state index is 12.2. The first-order valence-corrected chi connectivity index (χ1v) is 7.12. The Morgan fingerprint density at radius 2 is 2.11 bits per heavy atom. The van der Waals surface area contributed by atoms with Gasteiger partial charge in [0.15, 0.2) is 0 Å². The van der Waals surface area contributed by atoms with E-state index in [4.69, 9.17) is 11.2 Å². The SMILES string of the molecule is C#CCNC1(C(=O)OCC)CCN(CC(C)C)CC1. The van der Waals surface area contributed by atoms with Gasteiger partial charge >= 0.3 is 5.97 Å². The van der Waals surface area contributed by atoms with E-state index in [0.717, 1.165) is 32.5 Å². The second-order valence-electron chi connectivity index (χ2n) is 5.55. The molecule has 0 aromatic rings. The second kappa shape index (κ2) is 7.52. The van der Waals surface area contributed by atoms with Gasteiger partial charge in [-0.25, -0.2) is 0 Å². The molecule has 0 aromatic carbocycles. The molecule has 0 amide bonds. The van der Waals surface area contributed by atoms with Gasteiger partial charge in [-0.2, -0.15) is 0 Å². The van der Waals surface area contributed by atoms with E-state index in [9.17, 15) is 4.79 Å². The van der Waals surface area contributed by atoms with Crippen molar-refractivity contribution in [1.29, 1.82) is 0 Å². The average molecular weight is 266 g/mol. The molecule has 1 saturated heterocycles. The third-order valence-electron chi connectivity index (χ3n) is 3.53. The van der Waals surface area contributed by atoms with Crippen LogP contribution < -0.4 is 5.32 Å². The summed E-state index contributed by atoms with van der Waals surface area (Å²) in [6.07, 6.45) is 6.83. The van der Waals surface area contributed by atoms with Gasteiger partial charge in [-0.1, -0.05) is 19.8 Å². The molecule has 0 bridgehead atoms. The molecule has 0 unspecified atom stereocenters. The van der Waals surface area contributed by atoms with Gasteiger partial charge in [0.1, 0.15) is 5.54 Å². The molecule has 0 radical (unpaired) electrons. The van der Waals surface area contributed by atoms with Crippen molar-refractivity contribution in [1.82, 2.24) is 10.2 Å². The highest BCUT2D eigenvalue weighted by Crippen LogP contribution is 2.24. The van der Waals surface area contributed by atoms with E-state index >= 15 is 0 Å². The molecule has 1 N–H and O–H groups in total. The van der Waals surface area contributed by atoms with Crippen LogP contribution >= 0.6 is 0 Å². The quantitative estimate of drug-likeness (QED) is 0.580. The minimum atomic E-state index is -0.587. The standard InChI is InChI=1S/C15H26N2O2/c1-5-9-16-15(14(18)19-6-2)7-10-17(11-8-15)12-13(3)4/h1,13,16H,6-12H2,2-4H3. The van der Waals surface area contributed by atoms with E-state index in [1.54, 1.807) is 0 Å². The summed E-state index contributed by atoms with van der Waals surface area (Å²) in [5.41, 5.74) is -0.587. The molecule has 0 saturated carbocycles. The Labute approximate surface area is 116 Å². The van der Waals surface area contributed by atoms with Crippen LogP contribution in [-0.2, 0) is 9.53 Å². The highest BCUT2D eigenvalue weighted by atomic mass is 16.5. The summed E-state index contributed by atoms with van der Waals surface area (Å²) in [5, 5.41) is 3.21. The van der Waals surface area contributed by atoms with Gasteiger partial charge in [0.05, 0.1) is 13.2 Å². The minimum absolute atomic E-state index is 0.158. The van der Waals surface area contributed by atoms with Crippen LogP contribution in [0.25, 0.3) is 0 Å². The number of nitrogens with one attached hydrogen (secondary N) is 1. The van der Waals surface area contributed by atoms with Crippen LogP contribution in [0.2, 0.25) is 0 Å². The number of nitrogens with zero attached hydrogens (tertiary/aromatic N) is 1. The Morgan fingerprint density at radius 3 is 2.58 bits per heavy atom. The summed E-state index contributed by atoms with van der Waals surface area (Å²) < 4.78 is 5.21. The van der Waals surface area contributed by atoms with E-state index in [-0.39, 0.29) is 5.97 Å². The Morgan fingerprint density at radius 1 is 1.47 bits per heavy atom. The highest BCUT2D eigenvalue weighted by molar-refractivity contribution is 5.81. The van der Waals surface area contributed by atoms with Gasteiger partial charge in [-0.15, -0.1) is 6.42 Å². The Balaban J connectivity index is 2.63. The van der Waals surface area contributed by atoms with Crippen molar-refractivity contribution in [2.75, 3.05) is 32.8 Å². The molecule has 1 aliphatic rings. The monoisotopic (exact) mass is 266 g/mol. The summed E-state index contributed by atoms with van der Waals surface area (Å²) in [7, 11) is 0. The molecule has 0 atom stereocenters. The summed E-state index contributed by atoms with van der Waals surface area (Å²) >= 11 is 0. The molecule has 108 valence electrons. The molecule has 1 fully saturated rings. The first kappa shape index (κ1) is 16.0. The lowest BCUT2D eigenvalue weighted by Crippen LogP contribution is -2.59. The Kier molecular flexibility index (Phi) is 6.33. The van der Waals surface area contributed by atoms with Crippen molar-refractivity contribution < 1.29 is 9.53 Å². The predicted molar refractivity (Wildman–Crippen MR) is 76.7 cm³/mol. The average Bonchev–Trinajstić information content (AvgIpc) is 2.38. The van der Waals surface area contributed by atoms with Gasteiger partial charge in [-0.05, 0) is 25.7 Å². The normalized spacial score (nSPS) is 19.1. The zero-order valence-corrected chi connectivity index (χ0v) is 12.4. The largest absolute Gasteiger partial charge is 0.465 e. The van der Waals surface area contributed by atoms with Gasteiger partial charge in [-0.3, -0.25) is 10.1 Å². The predicted octanol–water partition coefficient (Wildman–Crippen LogP) is 1.26. The number of hydrogen-bond donors (Lipinski definition) is 1. The number of esters is 1. The van der Waals surface area contributed by atoms with E-state index in [0.29, 0.717) is 19.1 Å². The summed E-state index contributed by atoms with van der Waals surface area (Å²) in [5.74, 6) is 3.04. The molecule has 0 spiro atoms. The smallest absolute Gasteiger partial charge is 0.326 e. The molecular formula is C15H26N2O2. The fraction of sp³-hybridized carbons (Fsp3) is 0.800. The molecule has 19 heavy (non-hydrogen) atoms. The molecule has 1 rings (SSSR count). The molecule has 1 aliphatic heterocycles. The van der Waals surface area contributed by atoms with Crippen LogP contribution in [0.1, 0.15) is 33.6 Å². The number of rotatable bonds is 6. The van der Waals surface area contributed by atoms with Crippen molar-refractivity contribution in [3.05, 3.63) is 0 Å². The fourth-order valence-corrected chi connectivity index (χ4v) is 2.58. The lowest BCUT2D eigenvalue weighted by Gasteiger charge is -2.40. The maximum Gasteiger partial charge on any atom is 0.326 e. The minimum Gasteiger partial charge on any atom is -0.465 e. The van der Waals surface area contributed by atoms with Crippen LogP contribution in [0.15, 0.2) is 0 Å². The van der Waals surface area contributed by atoms with Crippen molar-refractivity contribution in [2.45, 2.75) is 39.2 Å². The lowest BCUT2D eigenvalue weighted by molar-refractivity contribution is -0.153. The van der Waals surface area contributed by atoms with Crippen LogP contribution in [0.4, 0.5) is 0 Å².